The Hall–Kier alpha value is -2.21. The summed E-state index contributed by atoms with van der Waals surface area (Å²) in [6.07, 6.45) is 3.09. The van der Waals surface area contributed by atoms with Crippen LogP contribution in [0.3, 0.4) is 0 Å². The third-order valence-corrected chi connectivity index (χ3v) is 3.54. The highest BCUT2D eigenvalue weighted by Gasteiger charge is 2.11. The third-order valence-electron chi connectivity index (χ3n) is 2.65. The highest BCUT2D eigenvalue weighted by Crippen LogP contribution is 2.13. The average Bonchev–Trinajstić information content (AvgIpc) is 3.02. The Labute approximate surface area is 106 Å². The summed E-state index contributed by atoms with van der Waals surface area (Å²) >= 11 is 1.34. The average molecular weight is 259 g/mol. The largest absolute Gasteiger partial charge is 0.359 e. The van der Waals surface area contributed by atoms with Crippen LogP contribution in [0.1, 0.15) is 10.5 Å². The van der Waals surface area contributed by atoms with Crippen molar-refractivity contribution in [3.63, 3.8) is 0 Å². The number of hydrogen-bond acceptors (Lipinski definition) is 4. The maximum atomic E-state index is 12.1. The number of carbonyl (C=O) groups excluding carboxylic acids is 1. The van der Waals surface area contributed by atoms with Crippen LogP contribution in [0.2, 0.25) is 0 Å². The summed E-state index contributed by atoms with van der Waals surface area (Å²) in [5.41, 5.74) is 0.997. The zero-order valence-electron chi connectivity index (χ0n) is 9.29. The predicted molar refractivity (Wildman–Crippen MR) is 69.0 cm³/mol. The molecule has 18 heavy (non-hydrogen) atoms. The monoisotopic (exact) mass is 259 g/mol. The highest BCUT2D eigenvalue weighted by atomic mass is 32.1. The fraction of sp³-hybridized carbons (Fsp3) is 0.0833. The van der Waals surface area contributed by atoms with Gasteiger partial charge in [-0.25, -0.2) is 4.98 Å². The van der Waals surface area contributed by atoms with Crippen molar-refractivity contribution in [1.82, 2.24) is 14.5 Å². The molecule has 0 aliphatic rings. The number of thiophene rings is 1. The van der Waals surface area contributed by atoms with Crippen molar-refractivity contribution >= 4 is 27.3 Å². The first-order valence-corrected chi connectivity index (χ1v) is 6.23. The molecule has 0 saturated carbocycles. The van der Waals surface area contributed by atoms with Crippen LogP contribution in [0.5, 0.6) is 0 Å². The first kappa shape index (κ1) is 10.9. The molecule has 0 fully saturated rings. The number of aromatic amines is 1. The number of rotatable bonds is 3. The van der Waals surface area contributed by atoms with E-state index in [9.17, 15) is 9.59 Å². The second-order valence-corrected chi connectivity index (χ2v) is 4.74. The lowest BCUT2D eigenvalue weighted by molar-refractivity contribution is 0.0966. The fourth-order valence-corrected chi connectivity index (χ4v) is 2.53. The Morgan fingerprint density at radius 3 is 3.11 bits per heavy atom. The maximum absolute atomic E-state index is 12.1. The molecule has 0 radical (unpaired) electrons. The zero-order chi connectivity index (χ0) is 12.5. The molecule has 5 nitrogen and oxygen atoms in total. The number of Topliss-reactive ketones (excluding diaryl/α,β-unsaturated/α-hetero) is 1. The van der Waals surface area contributed by atoms with E-state index in [1.807, 2.05) is 5.38 Å². The van der Waals surface area contributed by atoms with Crippen molar-refractivity contribution in [2.24, 2.45) is 0 Å². The van der Waals surface area contributed by atoms with Gasteiger partial charge < -0.3 is 4.98 Å². The number of nitrogens with one attached hydrogen (secondary N) is 1. The van der Waals surface area contributed by atoms with Crippen LogP contribution in [0.25, 0.3) is 10.2 Å². The number of aromatic nitrogens is 3. The lowest BCUT2D eigenvalue weighted by atomic mass is 10.3. The van der Waals surface area contributed by atoms with Crippen LogP contribution >= 0.6 is 11.3 Å². The number of nitrogens with zero attached hydrogens (tertiary/aromatic N) is 2. The standard InChI is InChI=1S/C12H9N3O2S/c16-10(8-2-1-4-13-8)6-15-7-14-9-3-5-18-11(9)12(15)17/h1-5,7,13H,6H2. The van der Waals surface area contributed by atoms with E-state index in [-0.39, 0.29) is 17.9 Å². The molecule has 90 valence electrons. The van der Waals surface area contributed by atoms with Gasteiger partial charge in [0.2, 0.25) is 0 Å². The molecule has 0 aromatic carbocycles. The number of ketones is 1. The highest BCUT2D eigenvalue weighted by molar-refractivity contribution is 7.17. The zero-order valence-corrected chi connectivity index (χ0v) is 10.1. The molecule has 0 atom stereocenters. The van der Waals surface area contributed by atoms with E-state index < -0.39 is 0 Å². The van der Waals surface area contributed by atoms with Gasteiger partial charge >= 0.3 is 0 Å². The maximum Gasteiger partial charge on any atom is 0.271 e. The van der Waals surface area contributed by atoms with Gasteiger partial charge in [0, 0.05) is 6.20 Å². The summed E-state index contributed by atoms with van der Waals surface area (Å²) in [6.45, 7) is 0.000185. The number of carbonyl (C=O) groups is 1. The van der Waals surface area contributed by atoms with Crippen LogP contribution in [0, 0.1) is 0 Å². The Morgan fingerprint density at radius 2 is 2.33 bits per heavy atom. The first-order chi connectivity index (χ1) is 8.75. The van der Waals surface area contributed by atoms with Crippen molar-refractivity contribution in [1.29, 1.82) is 0 Å². The van der Waals surface area contributed by atoms with Crippen molar-refractivity contribution in [3.05, 3.63) is 52.2 Å². The molecule has 0 unspecified atom stereocenters. The number of H-pyrrole nitrogens is 1. The first-order valence-electron chi connectivity index (χ1n) is 5.35. The lowest BCUT2D eigenvalue weighted by Crippen LogP contribution is -2.24. The van der Waals surface area contributed by atoms with E-state index in [1.54, 1.807) is 24.4 Å². The van der Waals surface area contributed by atoms with Gasteiger partial charge in [-0.2, -0.15) is 0 Å². The Bertz CT molecular complexity index is 755. The Morgan fingerprint density at radius 1 is 1.44 bits per heavy atom. The van der Waals surface area contributed by atoms with E-state index in [4.69, 9.17) is 0 Å². The van der Waals surface area contributed by atoms with Gasteiger partial charge in [0.15, 0.2) is 5.78 Å². The SMILES string of the molecule is O=C(Cn1cnc2ccsc2c1=O)c1ccc[nH]1. The molecule has 3 rings (SSSR count). The minimum Gasteiger partial charge on any atom is -0.359 e. The number of hydrogen-bond donors (Lipinski definition) is 1. The summed E-state index contributed by atoms with van der Waals surface area (Å²) in [6, 6.07) is 5.22. The molecule has 3 aromatic rings. The lowest BCUT2D eigenvalue weighted by Gasteiger charge is -2.03. The normalized spacial score (nSPS) is 10.9. The fourth-order valence-electron chi connectivity index (χ4n) is 1.74. The van der Waals surface area contributed by atoms with Crippen molar-refractivity contribution < 1.29 is 4.79 Å². The molecule has 0 bridgehead atoms. The minimum absolute atomic E-state index is 0.000185. The van der Waals surface area contributed by atoms with Crippen LogP contribution < -0.4 is 5.56 Å². The van der Waals surface area contributed by atoms with Crippen LogP contribution in [-0.2, 0) is 6.54 Å². The molecular formula is C12H9N3O2S. The van der Waals surface area contributed by atoms with Crippen molar-refractivity contribution in [3.8, 4) is 0 Å². The minimum atomic E-state index is -0.171. The summed E-state index contributed by atoms with van der Waals surface area (Å²) in [5, 5.41) is 1.82. The van der Waals surface area contributed by atoms with Gasteiger partial charge in [0.05, 0.1) is 24.1 Å². The van der Waals surface area contributed by atoms with Crippen LogP contribution in [-0.4, -0.2) is 20.3 Å². The van der Waals surface area contributed by atoms with E-state index in [0.29, 0.717) is 15.9 Å². The Kier molecular flexibility index (Phi) is 2.56. The van der Waals surface area contributed by atoms with E-state index in [2.05, 4.69) is 9.97 Å². The topological polar surface area (TPSA) is 67.8 Å². The predicted octanol–water partition coefficient (Wildman–Crippen LogP) is 1.67. The van der Waals surface area contributed by atoms with Gasteiger partial charge in [0.25, 0.3) is 5.56 Å². The van der Waals surface area contributed by atoms with Crippen molar-refractivity contribution in [2.75, 3.05) is 0 Å². The van der Waals surface area contributed by atoms with E-state index in [1.165, 1.54) is 22.2 Å². The molecule has 0 aliphatic carbocycles. The summed E-state index contributed by atoms with van der Waals surface area (Å²) in [4.78, 5) is 30.9. The molecule has 1 N–H and O–H groups in total. The second kappa shape index (κ2) is 4.23. The molecule has 0 spiro atoms. The molecule has 0 saturated heterocycles. The van der Waals surface area contributed by atoms with Gasteiger partial charge in [-0.3, -0.25) is 14.2 Å². The van der Waals surface area contributed by atoms with Gasteiger partial charge in [-0.15, -0.1) is 11.3 Å². The van der Waals surface area contributed by atoms with Crippen LogP contribution in [0.4, 0.5) is 0 Å². The summed E-state index contributed by atoms with van der Waals surface area (Å²) in [5.74, 6) is -0.139. The molecule has 0 aliphatic heterocycles. The van der Waals surface area contributed by atoms with Gasteiger partial charge in [0.1, 0.15) is 4.70 Å². The summed E-state index contributed by atoms with van der Waals surface area (Å²) in [7, 11) is 0. The molecule has 3 heterocycles. The van der Waals surface area contributed by atoms with Gasteiger partial charge in [-0.1, -0.05) is 0 Å². The van der Waals surface area contributed by atoms with Crippen LogP contribution in [0.15, 0.2) is 40.9 Å². The molecular weight excluding hydrogens is 250 g/mol. The van der Waals surface area contributed by atoms with Gasteiger partial charge in [-0.05, 0) is 23.6 Å². The quantitative estimate of drug-likeness (QED) is 0.727. The van der Waals surface area contributed by atoms with E-state index in [0.717, 1.165) is 0 Å². The Balaban J connectivity index is 1.98. The van der Waals surface area contributed by atoms with Crippen molar-refractivity contribution in [2.45, 2.75) is 6.54 Å². The number of fused-ring (bicyclic) bond motifs is 1. The van der Waals surface area contributed by atoms with E-state index >= 15 is 0 Å². The third kappa shape index (κ3) is 1.76. The molecule has 3 aromatic heterocycles. The molecule has 0 amide bonds. The smallest absolute Gasteiger partial charge is 0.271 e. The molecule has 6 heteroatoms. The summed E-state index contributed by atoms with van der Waals surface area (Å²) < 4.78 is 1.92. The second-order valence-electron chi connectivity index (χ2n) is 3.82.